The Hall–Kier alpha value is -1.32. The molecule has 176 valence electrons. The Kier molecular flexibility index (Phi) is 7.45. The molecular formula is C11H16FN2O14P3. The number of aromatic amines is 1. The second-order valence-electron chi connectivity index (χ2n) is 5.94. The van der Waals surface area contributed by atoms with Gasteiger partial charge in [-0.3, -0.25) is 18.9 Å². The van der Waals surface area contributed by atoms with Gasteiger partial charge in [0.05, 0.1) is 6.61 Å². The average Bonchev–Trinajstić information content (AvgIpc) is 2.82. The summed E-state index contributed by atoms with van der Waals surface area (Å²) < 4.78 is 65.6. The largest absolute Gasteiger partial charge is 0.490 e. The Labute approximate surface area is 171 Å². The second kappa shape index (κ2) is 8.90. The number of rotatable bonds is 9. The molecule has 2 rings (SSSR count). The predicted octanol–water partition coefficient (Wildman–Crippen LogP) is -0.968. The Morgan fingerprint density at radius 2 is 1.84 bits per heavy atom. The van der Waals surface area contributed by atoms with Crippen molar-refractivity contribution in [2.45, 2.75) is 24.1 Å². The van der Waals surface area contributed by atoms with Crippen LogP contribution >= 0.6 is 23.5 Å². The van der Waals surface area contributed by atoms with Crippen molar-refractivity contribution in [3.8, 4) is 0 Å². The molecule has 1 fully saturated rings. The van der Waals surface area contributed by atoms with Gasteiger partial charge < -0.3 is 29.4 Å². The van der Waals surface area contributed by atoms with Gasteiger partial charge in [0, 0.05) is 12.3 Å². The number of hydrogen-bond acceptors (Lipinski definition) is 10. The van der Waals surface area contributed by atoms with Crippen molar-refractivity contribution in [3.63, 3.8) is 0 Å². The van der Waals surface area contributed by atoms with Gasteiger partial charge in [-0.1, -0.05) is 6.08 Å². The Bertz CT molecular complexity index is 1100. The van der Waals surface area contributed by atoms with Crippen molar-refractivity contribution < 1.29 is 60.6 Å². The molecule has 3 unspecified atom stereocenters. The van der Waals surface area contributed by atoms with Crippen LogP contribution in [0.4, 0.5) is 4.39 Å². The molecule has 1 saturated heterocycles. The van der Waals surface area contributed by atoms with Gasteiger partial charge in [0.1, 0.15) is 11.7 Å². The van der Waals surface area contributed by atoms with Crippen LogP contribution in [-0.2, 0) is 31.6 Å². The number of aromatic nitrogens is 2. The number of alkyl halides is 1. The number of nitrogens with zero attached hydrogens (tertiary/aromatic N) is 1. The van der Waals surface area contributed by atoms with Crippen molar-refractivity contribution in [3.05, 3.63) is 45.8 Å². The third kappa shape index (κ3) is 6.35. The first-order chi connectivity index (χ1) is 14.0. The van der Waals surface area contributed by atoms with Gasteiger partial charge in [0.25, 0.3) is 5.56 Å². The number of nitrogens with one attached hydrogen (secondary N) is 1. The standard InChI is InChI=1S/C11H16FN2O14P3/c1-2-11(5-25-30(21,22)28-31(23,24)27-29(18,19)20)8(16)7(12)9(26-11)14-4-3-6(15)13-10(14)17/h2-4,7-9,16H,1,5H2,(H,21,22)(H,23,24)(H,13,15,17)(H2,18,19,20)/t7-,8-,9?,11+/m0/s1. The van der Waals surface area contributed by atoms with Crippen LogP contribution in [0.15, 0.2) is 34.5 Å². The SMILES string of the molecule is C=C[C@]1(COP(=O)(O)OP(=O)(O)OP(=O)(O)O)OC(n2ccc(=O)[nH]c2=O)[C@@H](F)[C@@H]1O. The van der Waals surface area contributed by atoms with Crippen LogP contribution in [-0.4, -0.2) is 58.7 Å². The van der Waals surface area contributed by atoms with Gasteiger partial charge in [-0.25, -0.2) is 22.9 Å². The van der Waals surface area contributed by atoms with Crippen LogP contribution in [0.1, 0.15) is 6.23 Å². The van der Waals surface area contributed by atoms with Crippen LogP contribution in [0.25, 0.3) is 0 Å². The molecule has 0 radical (unpaired) electrons. The maximum Gasteiger partial charge on any atom is 0.490 e. The molecule has 6 N–H and O–H groups in total. The normalized spacial score (nSPS) is 30.5. The summed E-state index contributed by atoms with van der Waals surface area (Å²) in [6, 6.07) is 0.851. The molecule has 0 aromatic carbocycles. The fraction of sp³-hybridized carbons (Fsp3) is 0.455. The highest BCUT2D eigenvalue weighted by Gasteiger charge is 2.56. The van der Waals surface area contributed by atoms with E-state index >= 15 is 0 Å². The van der Waals surface area contributed by atoms with E-state index in [0.29, 0.717) is 4.57 Å². The van der Waals surface area contributed by atoms with Gasteiger partial charge >= 0.3 is 29.2 Å². The zero-order valence-electron chi connectivity index (χ0n) is 15.0. The van der Waals surface area contributed by atoms with Gasteiger partial charge in [-0.2, -0.15) is 8.62 Å². The summed E-state index contributed by atoms with van der Waals surface area (Å²) in [5.74, 6) is 0. The first-order valence-electron chi connectivity index (χ1n) is 7.74. The number of ether oxygens (including phenoxy) is 1. The number of phosphoric ester groups is 1. The molecule has 1 aliphatic heterocycles. The van der Waals surface area contributed by atoms with Gasteiger partial charge in [-0.15, -0.1) is 6.58 Å². The van der Waals surface area contributed by atoms with Gasteiger partial charge in [0.2, 0.25) is 0 Å². The van der Waals surface area contributed by atoms with Gasteiger partial charge in [-0.05, 0) is 0 Å². The third-order valence-corrected chi connectivity index (χ3v) is 7.54. The van der Waals surface area contributed by atoms with E-state index in [-0.39, 0.29) is 0 Å². The lowest BCUT2D eigenvalue weighted by atomic mass is 9.97. The molecule has 0 bridgehead atoms. The first kappa shape index (κ1) is 25.9. The molecule has 6 atom stereocenters. The number of halogens is 1. The lowest BCUT2D eigenvalue weighted by molar-refractivity contribution is -0.0964. The van der Waals surface area contributed by atoms with Crippen LogP contribution in [0, 0.1) is 0 Å². The molecule has 20 heteroatoms. The highest BCUT2D eigenvalue weighted by atomic mass is 31.3. The summed E-state index contributed by atoms with van der Waals surface area (Å²) in [5.41, 5.74) is -4.23. The van der Waals surface area contributed by atoms with Crippen molar-refractivity contribution >= 4 is 23.5 Å². The minimum Gasteiger partial charge on any atom is -0.386 e. The Morgan fingerprint density at radius 1 is 1.23 bits per heavy atom. The summed E-state index contributed by atoms with van der Waals surface area (Å²) in [4.78, 5) is 60.4. The Morgan fingerprint density at radius 3 is 2.35 bits per heavy atom. The van der Waals surface area contributed by atoms with Crippen molar-refractivity contribution in [2.24, 2.45) is 0 Å². The van der Waals surface area contributed by atoms with E-state index < -0.39 is 65.4 Å². The number of phosphoric acid groups is 3. The minimum atomic E-state index is -5.81. The predicted molar refractivity (Wildman–Crippen MR) is 95.1 cm³/mol. The van der Waals surface area contributed by atoms with E-state index in [4.69, 9.17) is 19.4 Å². The van der Waals surface area contributed by atoms with Crippen LogP contribution in [0.3, 0.4) is 0 Å². The van der Waals surface area contributed by atoms with Crippen molar-refractivity contribution in [1.29, 1.82) is 0 Å². The molecule has 0 saturated carbocycles. The minimum absolute atomic E-state index is 0.561. The first-order valence-corrected chi connectivity index (χ1v) is 12.3. The van der Waals surface area contributed by atoms with Crippen molar-refractivity contribution in [1.82, 2.24) is 9.55 Å². The fourth-order valence-corrected chi connectivity index (χ4v) is 5.52. The molecule has 2 heterocycles. The number of hydrogen-bond donors (Lipinski definition) is 6. The molecule has 1 aromatic rings. The van der Waals surface area contributed by atoms with Crippen LogP contribution < -0.4 is 11.2 Å². The lowest BCUT2D eigenvalue weighted by Crippen LogP contribution is -2.44. The van der Waals surface area contributed by atoms with Crippen molar-refractivity contribution in [2.75, 3.05) is 6.61 Å². The smallest absolute Gasteiger partial charge is 0.386 e. The topological polar surface area (TPSA) is 244 Å². The van der Waals surface area contributed by atoms with E-state index in [1.165, 1.54) is 0 Å². The third-order valence-electron chi connectivity index (χ3n) is 3.75. The van der Waals surface area contributed by atoms with E-state index in [0.717, 1.165) is 18.3 Å². The maximum atomic E-state index is 14.6. The summed E-state index contributed by atoms with van der Waals surface area (Å²) >= 11 is 0. The van der Waals surface area contributed by atoms with E-state index in [2.05, 4.69) is 19.7 Å². The molecule has 1 aliphatic rings. The summed E-state index contributed by atoms with van der Waals surface area (Å²) in [6.07, 6.45) is -4.78. The zero-order chi connectivity index (χ0) is 23.8. The number of H-pyrrole nitrogens is 1. The van der Waals surface area contributed by atoms with Gasteiger partial charge in [0.15, 0.2) is 12.4 Å². The van der Waals surface area contributed by atoms with E-state index in [1.807, 2.05) is 4.98 Å². The molecule has 16 nitrogen and oxygen atoms in total. The quantitative estimate of drug-likeness (QED) is 0.172. The highest BCUT2D eigenvalue weighted by molar-refractivity contribution is 7.66. The summed E-state index contributed by atoms with van der Waals surface area (Å²) in [7, 11) is -17.0. The maximum absolute atomic E-state index is 14.6. The summed E-state index contributed by atoms with van der Waals surface area (Å²) in [6.45, 7) is 2.01. The number of aliphatic hydroxyl groups excluding tert-OH is 1. The van der Waals surface area contributed by atoms with E-state index in [1.54, 1.807) is 0 Å². The van der Waals surface area contributed by atoms with Crippen LogP contribution in [0.5, 0.6) is 0 Å². The lowest BCUT2D eigenvalue weighted by Gasteiger charge is -2.28. The monoisotopic (exact) mass is 512 g/mol. The highest BCUT2D eigenvalue weighted by Crippen LogP contribution is 2.66. The molecule has 31 heavy (non-hydrogen) atoms. The molecule has 0 aliphatic carbocycles. The zero-order valence-corrected chi connectivity index (χ0v) is 17.6. The second-order valence-corrected chi connectivity index (χ2v) is 10.4. The van der Waals surface area contributed by atoms with E-state index in [9.17, 15) is 37.7 Å². The number of aliphatic hydroxyl groups is 1. The van der Waals surface area contributed by atoms with Crippen LogP contribution in [0.2, 0.25) is 0 Å². The molecule has 0 spiro atoms. The molecule has 1 aromatic heterocycles. The Balaban J connectivity index is 2.22. The fourth-order valence-electron chi connectivity index (χ4n) is 2.46. The average molecular weight is 512 g/mol. The molecule has 0 amide bonds. The molecular weight excluding hydrogens is 496 g/mol. The summed E-state index contributed by atoms with van der Waals surface area (Å²) in [5, 5.41) is 10.2.